The summed E-state index contributed by atoms with van der Waals surface area (Å²) in [6.45, 7) is 1.36. The highest BCUT2D eigenvalue weighted by Crippen LogP contribution is 2.27. The van der Waals surface area contributed by atoms with E-state index >= 15 is 0 Å². The summed E-state index contributed by atoms with van der Waals surface area (Å²) in [5.41, 5.74) is -0.642. The zero-order valence-corrected chi connectivity index (χ0v) is 16.5. The van der Waals surface area contributed by atoms with Crippen molar-refractivity contribution in [1.82, 2.24) is 10.2 Å². The van der Waals surface area contributed by atoms with Crippen LogP contribution in [0.25, 0.3) is 0 Å². The number of carboxylic acid groups (broad SMARTS) is 1. The Bertz CT molecular complexity index is 697. The van der Waals surface area contributed by atoms with Gasteiger partial charge in [0.2, 0.25) is 5.91 Å². The van der Waals surface area contributed by atoms with Crippen LogP contribution in [0.5, 0.6) is 0 Å². The second kappa shape index (κ2) is 9.39. The minimum absolute atomic E-state index is 0.0303. The summed E-state index contributed by atoms with van der Waals surface area (Å²) < 4.78 is 4.91. The fraction of sp³-hybridized carbons (Fsp3) is 0.500. The van der Waals surface area contributed by atoms with Crippen LogP contribution < -0.4 is 5.32 Å². The molecule has 0 radical (unpaired) electrons. The van der Waals surface area contributed by atoms with Crippen LogP contribution in [0.1, 0.15) is 24.8 Å². The number of ether oxygens (including phenoxy) is 1. The van der Waals surface area contributed by atoms with Crippen molar-refractivity contribution in [2.75, 3.05) is 26.7 Å². The minimum atomic E-state index is -1.14. The number of esters is 1. The van der Waals surface area contributed by atoms with Gasteiger partial charge < -0.3 is 20.1 Å². The number of carboxylic acids is 1. The number of likely N-dealkylation sites (tertiary alicyclic amines) is 1. The number of amides is 1. The van der Waals surface area contributed by atoms with Crippen molar-refractivity contribution in [2.24, 2.45) is 0 Å². The molecule has 2 rings (SSSR count). The molecule has 1 fully saturated rings. The van der Waals surface area contributed by atoms with Gasteiger partial charge in [0.25, 0.3) is 0 Å². The van der Waals surface area contributed by atoms with E-state index in [0.717, 1.165) is 0 Å². The molecular formula is C18H22Cl2N2O5. The van der Waals surface area contributed by atoms with Gasteiger partial charge >= 0.3 is 11.9 Å². The minimum Gasteiger partial charge on any atom is -0.481 e. The van der Waals surface area contributed by atoms with E-state index in [-0.39, 0.29) is 18.7 Å². The Morgan fingerprint density at radius 2 is 1.81 bits per heavy atom. The van der Waals surface area contributed by atoms with E-state index < -0.39 is 17.5 Å². The van der Waals surface area contributed by atoms with Crippen LogP contribution in [0.4, 0.5) is 0 Å². The Morgan fingerprint density at radius 3 is 2.33 bits per heavy atom. The standard InChI is InChI=1S/C18H22Cl2N2O5/c1-27-17(26)18(6-9-22(10-7-18)8-5-16(24)25)21-15(23)11-12-13(19)3-2-4-14(12)20/h2-4H,5-11H2,1H3,(H,21,23)(H,24,25). The summed E-state index contributed by atoms with van der Waals surface area (Å²) in [4.78, 5) is 37.6. The lowest BCUT2D eigenvalue weighted by Gasteiger charge is -2.40. The maximum absolute atomic E-state index is 12.6. The van der Waals surface area contributed by atoms with E-state index in [4.69, 9.17) is 33.0 Å². The van der Waals surface area contributed by atoms with Crippen LogP contribution in [0.15, 0.2) is 18.2 Å². The molecule has 7 nitrogen and oxygen atoms in total. The number of hydrogen-bond acceptors (Lipinski definition) is 5. The number of methoxy groups -OCH3 is 1. The number of rotatable bonds is 7. The van der Waals surface area contributed by atoms with E-state index in [0.29, 0.717) is 48.1 Å². The molecule has 148 valence electrons. The second-order valence-corrected chi connectivity index (χ2v) is 7.30. The Hall–Kier alpha value is -1.83. The number of carbonyl (C=O) groups is 3. The molecule has 0 spiro atoms. The van der Waals surface area contributed by atoms with Gasteiger partial charge in [-0.3, -0.25) is 9.59 Å². The van der Waals surface area contributed by atoms with Gasteiger partial charge in [-0.25, -0.2) is 4.79 Å². The average Bonchev–Trinajstić information content (AvgIpc) is 2.63. The molecule has 27 heavy (non-hydrogen) atoms. The van der Waals surface area contributed by atoms with E-state index in [1.165, 1.54) is 7.11 Å². The Kier molecular flexibility index (Phi) is 7.47. The fourth-order valence-electron chi connectivity index (χ4n) is 3.16. The van der Waals surface area contributed by atoms with Gasteiger partial charge in [0, 0.05) is 29.7 Å². The van der Waals surface area contributed by atoms with Crippen LogP contribution in [0.2, 0.25) is 10.0 Å². The van der Waals surface area contributed by atoms with Crippen molar-refractivity contribution in [3.8, 4) is 0 Å². The molecule has 0 aromatic heterocycles. The molecule has 9 heteroatoms. The quantitative estimate of drug-likeness (QED) is 0.660. The van der Waals surface area contributed by atoms with Crippen molar-refractivity contribution >= 4 is 41.0 Å². The van der Waals surface area contributed by atoms with Crippen molar-refractivity contribution in [2.45, 2.75) is 31.2 Å². The van der Waals surface area contributed by atoms with Gasteiger partial charge in [0.1, 0.15) is 5.54 Å². The molecule has 0 saturated carbocycles. The molecular weight excluding hydrogens is 395 g/mol. The molecule has 1 aromatic carbocycles. The number of halogens is 2. The summed E-state index contributed by atoms with van der Waals surface area (Å²) >= 11 is 12.2. The number of aliphatic carboxylic acids is 1. The van der Waals surface area contributed by atoms with Crippen LogP contribution in [-0.2, 0) is 25.5 Å². The number of piperidine rings is 1. The van der Waals surface area contributed by atoms with E-state index in [9.17, 15) is 14.4 Å². The second-order valence-electron chi connectivity index (χ2n) is 6.48. The third-order valence-electron chi connectivity index (χ3n) is 4.71. The third-order valence-corrected chi connectivity index (χ3v) is 5.41. The van der Waals surface area contributed by atoms with Gasteiger partial charge in [-0.2, -0.15) is 0 Å². The maximum Gasteiger partial charge on any atom is 0.331 e. The normalized spacial score (nSPS) is 16.6. The highest BCUT2D eigenvalue weighted by molar-refractivity contribution is 6.36. The lowest BCUT2D eigenvalue weighted by Crippen LogP contribution is -2.60. The lowest BCUT2D eigenvalue weighted by molar-refractivity contribution is -0.153. The maximum atomic E-state index is 12.6. The van der Waals surface area contributed by atoms with Gasteiger partial charge in [0.15, 0.2) is 0 Å². The number of hydrogen-bond donors (Lipinski definition) is 2. The van der Waals surface area contributed by atoms with Crippen molar-refractivity contribution in [1.29, 1.82) is 0 Å². The smallest absolute Gasteiger partial charge is 0.331 e. The molecule has 0 unspecified atom stereocenters. The topological polar surface area (TPSA) is 95.9 Å². The summed E-state index contributed by atoms with van der Waals surface area (Å²) in [6, 6.07) is 4.98. The lowest BCUT2D eigenvalue weighted by atomic mass is 9.87. The van der Waals surface area contributed by atoms with Crippen molar-refractivity contribution < 1.29 is 24.2 Å². The van der Waals surface area contributed by atoms with E-state index in [1.54, 1.807) is 18.2 Å². The molecule has 1 aliphatic rings. The third kappa shape index (κ3) is 5.57. The average molecular weight is 417 g/mol. The molecule has 1 aromatic rings. The Balaban J connectivity index is 2.06. The fourth-order valence-corrected chi connectivity index (χ4v) is 3.69. The van der Waals surface area contributed by atoms with Gasteiger partial charge in [0.05, 0.1) is 20.0 Å². The molecule has 1 aliphatic heterocycles. The number of carbonyl (C=O) groups excluding carboxylic acids is 2. The molecule has 1 heterocycles. The number of nitrogens with one attached hydrogen (secondary N) is 1. The SMILES string of the molecule is COC(=O)C1(NC(=O)Cc2c(Cl)cccc2Cl)CCN(CCC(=O)O)CC1. The summed E-state index contributed by atoms with van der Waals surface area (Å²) in [7, 11) is 1.28. The number of nitrogens with zero attached hydrogens (tertiary/aromatic N) is 1. The first-order valence-electron chi connectivity index (χ1n) is 8.54. The monoisotopic (exact) mass is 416 g/mol. The molecule has 0 aliphatic carbocycles. The molecule has 1 amide bonds. The Labute approximate surface area is 167 Å². The molecule has 0 bridgehead atoms. The summed E-state index contributed by atoms with van der Waals surface area (Å²) in [5, 5.41) is 12.4. The van der Waals surface area contributed by atoms with Gasteiger partial charge in [-0.1, -0.05) is 29.3 Å². The first-order chi connectivity index (χ1) is 12.8. The van der Waals surface area contributed by atoms with E-state index in [1.807, 2.05) is 4.90 Å². The first-order valence-corrected chi connectivity index (χ1v) is 9.29. The van der Waals surface area contributed by atoms with Crippen molar-refractivity contribution in [3.63, 3.8) is 0 Å². The largest absolute Gasteiger partial charge is 0.481 e. The Morgan fingerprint density at radius 1 is 1.22 bits per heavy atom. The van der Waals surface area contributed by atoms with Crippen molar-refractivity contribution in [3.05, 3.63) is 33.8 Å². The van der Waals surface area contributed by atoms with E-state index in [2.05, 4.69) is 5.32 Å². The highest BCUT2D eigenvalue weighted by atomic mass is 35.5. The first kappa shape index (κ1) is 21.5. The predicted octanol–water partition coefficient (Wildman–Crippen LogP) is 2.13. The van der Waals surface area contributed by atoms with Crippen LogP contribution in [0.3, 0.4) is 0 Å². The van der Waals surface area contributed by atoms with Crippen LogP contribution in [0, 0.1) is 0 Å². The van der Waals surface area contributed by atoms with Crippen LogP contribution in [-0.4, -0.2) is 60.1 Å². The van der Waals surface area contributed by atoms with Gasteiger partial charge in [-0.15, -0.1) is 0 Å². The highest BCUT2D eigenvalue weighted by Gasteiger charge is 2.43. The zero-order valence-electron chi connectivity index (χ0n) is 15.0. The summed E-state index contributed by atoms with van der Waals surface area (Å²) in [6.07, 6.45) is 0.644. The zero-order chi connectivity index (χ0) is 20.0. The summed E-state index contributed by atoms with van der Waals surface area (Å²) in [5.74, 6) is -1.77. The number of benzene rings is 1. The molecule has 1 saturated heterocycles. The predicted molar refractivity (Wildman–Crippen MR) is 101 cm³/mol. The van der Waals surface area contributed by atoms with Gasteiger partial charge in [-0.05, 0) is 30.5 Å². The molecule has 2 N–H and O–H groups in total. The van der Waals surface area contributed by atoms with Crippen LogP contribution >= 0.6 is 23.2 Å². The molecule has 0 atom stereocenters.